The molecule has 0 radical (unpaired) electrons. The van der Waals surface area contributed by atoms with Crippen molar-refractivity contribution in [2.24, 2.45) is 0 Å². The molecule has 9 heteroatoms. The summed E-state index contributed by atoms with van der Waals surface area (Å²) in [6.07, 6.45) is 0. The van der Waals surface area contributed by atoms with E-state index in [9.17, 15) is 18.4 Å². The number of nitrogens with one attached hydrogen (secondary N) is 1. The van der Waals surface area contributed by atoms with Crippen molar-refractivity contribution in [2.45, 2.75) is 31.8 Å². The number of thioether (sulfide) groups is 1. The van der Waals surface area contributed by atoms with Crippen molar-refractivity contribution in [1.29, 1.82) is 0 Å². The number of carbonyl (C=O) groups is 1. The SMILES string of the molecule is CCn1c(SCC(=O)NCc2ccc(OC(F)F)cc2)nc2ccccc2c1=O. The second kappa shape index (κ2) is 9.51. The zero-order chi connectivity index (χ0) is 20.8. The number of carbonyl (C=O) groups excluding carboxylic acids is 1. The monoisotopic (exact) mass is 419 g/mol. The van der Waals surface area contributed by atoms with E-state index in [1.165, 1.54) is 23.9 Å². The van der Waals surface area contributed by atoms with Crippen LogP contribution in [-0.2, 0) is 17.9 Å². The summed E-state index contributed by atoms with van der Waals surface area (Å²) >= 11 is 1.19. The smallest absolute Gasteiger partial charge is 0.387 e. The predicted octanol–water partition coefficient (Wildman–Crippen LogP) is 3.43. The molecule has 29 heavy (non-hydrogen) atoms. The molecular weight excluding hydrogens is 400 g/mol. The van der Waals surface area contributed by atoms with E-state index in [0.717, 1.165) is 5.56 Å². The van der Waals surface area contributed by atoms with E-state index in [4.69, 9.17) is 0 Å². The molecule has 152 valence electrons. The molecule has 0 saturated carbocycles. The summed E-state index contributed by atoms with van der Waals surface area (Å²) in [4.78, 5) is 29.3. The van der Waals surface area contributed by atoms with Crippen LogP contribution in [0.25, 0.3) is 10.9 Å². The molecule has 1 N–H and O–H groups in total. The molecule has 2 aromatic carbocycles. The van der Waals surface area contributed by atoms with Crippen molar-refractivity contribution in [3.63, 3.8) is 0 Å². The minimum atomic E-state index is -2.87. The predicted molar refractivity (Wildman–Crippen MR) is 107 cm³/mol. The van der Waals surface area contributed by atoms with Crippen molar-refractivity contribution in [3.8, 4) is 5.75 Å². The first-order chi connectivity index (χ1) is 14.0. The Hall–Kier alpha value is -2.94. The maximum Gasteiger partial charge on any atom is 0.387 e. The number of benzene rings is 2. The summed E-state index contributed by atoms with van der Waals surface area (Å²) in [6.45, 7) is -0.321. The highest BCUT2D eigenvalue weighted by Gasteiger charge is 2.12. The fraction of sp³-hybridized carbons (Fsp3) is 0.250. The summed E-state index contributed by atoms with van der Waals surface area (Å²) in [7, 11) is 0. The quantitative estimate of drug-likeness (QED) is 0.447. The van der Waals surface area contributed by atoms with Gasteiger partial charge in [0.2, 0.25) is 5.91 Å². The van der Waals surface area contributed by atoms with Crippen molar-refractivity contribution in [1.82, 2.24) is 14.9 Å². The lowest BCUT2D eigenvalue weighted by Gasteiger charge is -2.11. The maximum absolute atomic E-state index is 12.6. The molecule has 1 aromatic heterocycles. The van der Waals surface area contributed by atoms with Gasteiger partial charge >= 0.3 is 6.61 Å². The second-order valence-electron chi connectivity index (χ2n) is 6.05. The first kappa shape index (κ1) is 20.8. The van der Waals surface area contributed by atoms with E-state index in [1.54, 1.807) is 34.9 Å². The Morgan fingerprint density at radius 2 is 1.93 bits per heavy atom. The molecule has 0 fully saturated rings. The highest BCUT2D eigenvalue weighted by atomic mass is 32.2. The molecule has 3 aromatic rings. The number of hydrogen-bond donors (Lipinski definition) is 1. The normalized spacial score (nSPS) is 11.0. The van der Waals surface area contributed by atoms with Gasteiger partial charge in [0.05, 0.1) is 16.7 Å². The van der Waals surface area contributed by atoms with E-state index in [2.05, 4.69) is 15.0 Å². The van der Waals surface area contributed by atoms with Crippen LogP contribution in [-0.4, -0.2) is 27.8 Å². The molecule has 0 saturated heterocycles. The van der Waals surface area contributed by atoms with Gasteiger partial charge in [0.15, 0.2) is 5.16 Å². The van der Waals surface area contributed by atoms with Gasteiger partial charge in [0.25, 0.3) is 5.56 Å². The number of ether oxygens (including phenoxy) is 1. The van der Waals surface area contributed by atoms with Crippen LogP contribution >= 0.6 is 11.8 Å². The lowest BCUT2D eigenvalue weighted by atomic mass is 10.2. The molecule has 3 rings (SSSR count). The van der Waals surface area contributed by atoms with Crippen LogP contribution in [0, 0.1) is 0 Å². The summed E-state index contributed by atoms with van der Waals surface area (Å²) in [5.41, 5.74) is 1.21. The third-order valence-corrected chi connectivity index (χ3v) is 5.09. The van der Waals surface area contributed by atoms with Crippen LogP contribution in [0.4, 0.5) is 8.78 Å². The number of alkyl halides is 2. The number of para-hydroxylation sites is 1. The van der Waals surface area contributed by atoms with Crippen LogP contribution in [0.15, 0.2) is 58.5 Å². The third kappa shape index (κ3) is 5.32. The number of amides is 1. The van der Waals surface area contributed by atoms with Crippen molar-refractivity contribution in [2.75, 3.05) is 5.75 Å². The average molecular weight is 419 g/mol. The highest BCUT2D eigenvalue weighted by Crippen LogP contribution is 2.18. The Morgan fingerprint density at radius 3 is 2.62 bits per heavy atom. The van der Waals surface area contributed by atoms with Gasteiger partial charge in [0.1, 0.15) is 5.75 Å². The lowest BCUT2D eigenvalue weighted by molar-refractivity contribution is -0.118. The van der Waals surface area contributed by atoms with Gasteiger partial charge in [-0.15, -0.1) is 0 Å². The fourth-order valence-electron chi connectivity index (χ4n) is 2.71. The number of rotatable bonds is 8. The Labute approximate surface area is 169 Å². The van der Waals surface area contributed by atoms with Crippen molar-refractivity contribution in [3.05, 3.63) is 64.4 Å². The maximum atomic E-state index is 12.6. The zero-order valence-corrected chi connectivity index (χ0v) is 16.4. The molecule has 0 spiro atoms. The summed E-state index contributed by atoms with van der Waals surface area (Å²) in [5, 5.41) is 3.78. The second-order valence-corrected chi connectivity index (χ2v) is 6.99. The van der Waals surface area contributed by atoms with Gasteiger partial charge in [-0.2, -0.15) is 8.78 Å². The first-order valence-corrected chi connectivity index (χ1v) is 9.89. The number of fused-ring (bicyclic) bond motifs is 1. The number of nitrogens with zero attached hydrogens (tertiary/aromatic N) is 2. The highest BCUT2D eigenvalue weighted by molar-refractivity contribution is 7.99. The van der Waals surface area contributed by atoms with E-state index in [1.807, 2.05) is 13.0 Å². The summed E-state index contributed by atoms with van der Waals surface area (Å²) in [6, 6.07) is 13.1. The van der Waals surface area contributed by atoms with E-state index < -0.39 is 6.61 Å². The van der Waals surface area contributed by atoms with Gasteiger partial charge in [-0.1, -0.05) is 36.0 Å². The van der Waals surface area contributed by atoms with Crippen LogP contribution in [0.2, 0.25) is 0 Å². The Bertz CT molecular complexity index is 1060. The standard InChI is InChI=1S/C20H19F2N3O3S/c1-2-25-18(27)15-5-3-4-6-16(15)24-20(25)29-12-17(26)23-11-13-7-9-14(10-8-13)28-19(21)22/h3-10,19H,2,11-12H2,1H3,(H,23,26). The van der Waals surface area contributed by atoms with Gasteiger partial charge < -0.3 is 10.1 Å². The molecule has 0 unspecified atom stereocenters. The molecule has 1 heterocycles. The largest absolute Gasteiger partial charge is 0.435 e. The average Bonchev–Trinajstić information content (AvgIpc) is 2.71. The number of halogens is 2. The summed E-state index contributed by atoms with van der Waals surface area (Å²) in [5.74, 6) is -0.0734. The van der Waals surface area contributed by atoms with E-state index >= 15 is 0 Å². The lowest BCUT2D eigenvalue weighted by Crippen LogP contribution is -2.26. The molecule has 0 atom stereocenters. The minimum absolute atomic E-state index is 0.0607. The van der Waals surface area contributed by atoms with Gasteiger partial charge in [0, 0.05) is 13.1 Å². The minimum Gasteiger partial charge on any atom is -0.435 e. The Kier molecular flexibility index (Phi) is 6.82. The molecular formula is C20H19F2N3O3S. The molecule has 0 bridgehead atoms. The third-order valence-electron chi connectivity index (χ3n) is 4.11. The van der Waals surface area contributed by atoms with E-state index in [-0.39, 0.29) is 29.5 Å². The van der Waals surface area contributed by atoms with Crippen molar-refractivity contribution >= 4 is 28.6 Å². The van der Waals surface area contributed by atoms with Crippen LogP contribution in [0.5, 0.6) is 5.75 Å². The molecule has 0 aliphatic rings. The van der Waals surface area contributed by atoms with Gasteiger partial charge in [-0.05, 0) is 36.8 Å². The Balaban J connectivity index is 1.60. The van der Waals surface area contributed by atoms with Crippen LogP contribution in [0.1, 0.15) is 12.5 Å². The van der Waals surface area contributed by atoms with Gasteiger partial charge in [-0.3, -0.25) is 14.2 Å². The molecule has 0 aliphatic carbocycles. The molecule has 0 aliphatic heterocycles. The van der Waals surface area contributed by atoms with E-state index in [0.29, 0.717) is 22.6 Å². The zero-order valence-electron chi connectivity index (χ0n) is 15.6. The fourth-order valence-corrected chi connectivity index (χ4v) is 3.60. The van der Waals surface area contributed by atoms with Crippen LogP contribution < -0.4 is 15.6 Å². The van der Waals surface area contributed by atoms with Gasteiger partial charge in [-0.25, -0.2) is 4.98 Å². The number of hydrogen-bond acceptors (Lipinski definition) is 5. The van der Waals surface area contributed by atoms with Crippen molar-refractivity contribution < 1.29 is 18.3 Å². The topological polar surface area (TPSA) is 73.2 Å². The van der Waals surface area contributed by atoms with Crippen LogP contribution in [0.3, 0.4) is 0 Å². The molecule has 6 nitrogen and oxygen atoms in total. The Morgan fingerprint density at radius 1 is 1.21 bits per heavy atom. The summed E-state index contributed by atoms with van der Waals surface area (Å²) < 4.78 is 30.1. The first-order valence-electron chi connectivity index (χ1n) is 8.90. The number of aromatic nitrogens is 2. The molecule has 1 amide bonds.